The molecule has 15 heteroatoms. The van der Waals surface area contributed by atoms with E-state index in [0.29, 0.717) is 19.3 Å². The fraction of sp³-hybridized carbons (Fsp3) is 0.467. The van der Waals surface area contributed by atoms with Crippen LogP contribution in [0.25, 0.3) is 0 Å². The number of nitrogens with one attached hydrogen (secondary N) is 1. The van der Waals surface area contributed by atoms with Gasteiger partial charge in [-0.15, -0.1) is 12.4 Å². The number of quaternary nitrogens is 1. The monoisotopic (exact) mass is 915 g/mol. The van der Waals surface area contributed by atoms with Crippen LogP contribution in [0.15, 0.2) is 108 Å². The predicted octanol–water partition coefficient (Wildman–Crippen LogP) is 4.56. The third kappa shape index (κ3) is 33.1. The van der Waals surface area contributed by atoms with Crippen molar-refractivity contribution in [1.29, 1.82) is 0 Å². The van der Waals surface area contributed by atoms with Gasteiger partial charge in [-0.2, -0.15) is 4.40 Å². The first-order chi connectivity index (χ1) is 26.9. The van der Waals surface area contributed by atoms with Gasteiger partial charge in [0.1, 0.15) is 11.0 Å². The van der Waals surface area contributed by atoms with Crippen molar-refractivity contribution in [3.8, 4) is 0 Å². The summed E-state index contributed by atoms with van der Waals surface area (Å²) in [5.74, 6) is -0.789. The molecule has 3 rings (SSSR count). The molecule has 0 radical (unpaired) electrons. The van der Waals surface area contributed by atoms with Crippen LogP contribution in [0, 0.1) is 0 Å². The quantitative estimate of drug-likeness (QED) is 0.0915. The van der Waals surface area contributed by atoms with Crippen LogP contribution in [-0.4, -0.2) is 75.4 Å². The Morgan fingerprint density at radius 3 is 1.50 bits per heavy atom. The molecule has 0 fully saturated rings. The summed E-state index contributed by atoms with van der Waals surface area (Å²) in [6, 6.07) is 30.5. The van der Waals surface area contributed by atoms with Gasteiger partial charge in [0.2, 0.25) is 0 Å². The number of hydrogen-bond donors (Lipinski definition) is 2. The Bertz CT molecular complexity index is 1660. The number of ether oxygens (including phenoxy) is 3. The van der Waals surface area contributed by atoms with Gasteiger partial charge >= 0.3 is 17.9 Å². The fourth-order valence-corrected chi connectivity index (χ4v) is 5.75. The maximum Gasteiger partial charge on any atom is 0.329 e. The molecule has 0 heterocycles. The Kier molecular flexibility index (Phi) is 37.7. The number of carbonyl (C=O) groups is 3. The minimum atomic E-state index is -1.16. The van der Waals surface area contributed by atoms with E-state index in [1.165, 1.54) is 32.5 Å². The zero-order valence-electron chi connectivity index (χ0n) is 36.1. The molecule has 0 spiro atoms. The van der Waals surface area contributed by atoms with E-state index in [2.05, 4.69) is 47.8 Å². The molecule has 0 amide bonds. The lowest BCUT2D eigenvalue weighted by atomic mass is 10.0. The molecule has 0 aliphatic rings. The van der Waals surface area contributed by atoms with Crippen LogP contribution < -0.4 is 22.9 Å². The molecule has 4 atom stereocenters. The second-order valence-corrected chi connectivity index (χ2v) is 18.7. The second kappa shape index (κ2) is 36.0. The van der Waals surface area contributed by atoms with Gasteiger partial charge in [0.05, 0.1) is 54.3 Å². The van der Waals surface area contributed by atoms with Crippen LogP contribution >= 0.6 is 12.4 Å². The van der Waals surface area contributed by atoms with Gasteiger partial charge in [-0.05, 0) is 71.1 Å². The van der Waals surface area contributed by atoms with Crippen LogP contribution in [0.4, 0.5) is 0 Å². The van der Waals surface area contributed by atoms with Crippen LogP contribution in [0.2, 0.25) is 0 Å². The van der Waals surface area contributed by atoms with Crippen LogP contribution in [0.1, 0.15) is 91.3 Å². The Hall–Kier alpha value is -3.72. The third-order valence-electron chi connectivity index (χ3n) is 7.66. The number of esters is 3. The minimum absolute atomic E-state index is 0. The summed E-state index contributed by atoms with van der Waals surface area (Å²) in [6.45, 7) is 14.7. The van der Waals surface area contributed by atoms with Crippen molar-refractivity contribution in [2.75, 3.05) is 21.3 Å². The molecule has 340 valence electrons. The summed E-state index contributed by atoms with van der Waals surface area (Å²) in [5.41, 5.74) is 7.64. The first-order valence-electron chi connectivity index (χ1n) is 18.8. The van der Waals surface area contributed by atoms with Crippen molar-refractivity contribution in [2.24, 2.45) is 4.40 Å². The molecule has 2 unspecified atom stereocenters. The molecular formula is C45H71Cl2N3O8S2. The number of rotatable bonds is 16. The van der Waals surface area contributed by atoms with Gasteiger partial charge < -0.3 is 32.4 Å². The minimum Gasteiger partial charge on any atom is -1.00 e. The lowest BCUT2D eigenvalue weighted by Gasteiger charge is -2.24. The zero-order valence-corrected chi connectivity index (χ0v) is 39.4. The Morgan fingerprint density at radius 2 is 1.13 bits per heavy atom. The highest BCUT2D eigenvalue weighted by Crippen LogP contribution is 2.15. The highest BCUT2D eigenvalue weighted by molar-refractivity contribution is 7.85. The van der Waals surface area contributed by atoms with E-state index in [4.69, 9.17) is 0 Å². The van der Waals surface area contributed by atoms with Crippen LogP contribution in [-0.2, 0) is 69.8 Å². The molecule has 3 aromatic rings. The molecular weight excluding hydrogens is 846 g/mol. The second-order valence-electron chi connectivity index (χ2n) is 14.7. The van der Waals surface area contributed by atoms with Gasteiger partial charge in [-0.3, -0.25) is 9.59 Å². The topological polar surface area (TPSA) is 165 Å². The number of hydrogen-bond acceptors (Lipinski definition) is 8. The predicted molar refractivity (Wildman–Crippen MR) is 247 cm³/mol. The summed E-state index contributed by atoms with van der Waals surface area (Å²) in [4.78, 5) is 32.1. The largest absolute Gasteiger partial charge is 1.00 e. The van der Waals surface area contributed by atoms with Gasteiger partial charge in [-0.1, -0.05) is 105 Å². The highest BCUT2D eigenvalue weighted by atomic mass is 35.5. The summed E-state index contributed by atoms with van der Waals surface area (Å²) in [5, 5.41) is 0. The molecule has 0 saturated carbocycles. The number of carbonyl (C=O) groups excluding carboxylic acids is 3. The Morgan fingerprint density at radius 1 is 0.717 bits per heavy atom. The summed E-state index contributed by atoms with van der Waals surface area (Å²) in [6.07, 6.45) is 7.39. The Labute approximate surface area is 378 Å². The van der Waals surface area contributed by atoms with E-state index < -0.39 is 27.9 Å². The highest BCUT2D eigenvalue weighted by Gasteiger charge is 2.23. The standard InChI is InChI=1S/C16H25NO3S.C12H17NO2.C12H17NOS.C4H6O2.CH4.2ClH/c1-16(2,3)21(19)17-14(10-11-15(18)20-4)12-13-8-6-5-7-9-13;1-15-12(14)8-7-11(13)9-10-5-3-2-4-6-10;1-12(2,3)15(14)13-10-9-11-7-5-4-6-8-11;1-3-4(5)6-2;;;/h5-9,14,17H,10-12H2,1-4H3;2-6,11H,7-9,13H2,1H3;4-8,10H,9H2,1-3H3;3H,1H2,2H3;1H4;2*1H/t14-,21?;11-;;;;;/m11...../s1. The summed E-state index contributed by atoms with van der Waals surface area (Å²) >= 11 is 0. The molecule has 0 aliphatic carbocycles. The first kappa shape index (κ1) is 62.9. The van der Waals surface area contributed by atoms with E-state index in [1.807, 2.05) is 120 Å². The number of nitrogens with zero attached hydrogens (tertiary/aromatic N) is 1. The van der Waals surface area contributed by atoms with Crippen molar-refractivity contribution in [3.63, 3.8) is 0 Å². The smallest absolute Gasteiger partial charge is 0.329 e. The van der Waals surface area contributed by atoms with E-state index in [-0.39, 0.29) is 65.8 Å². The van der Waals surface area contributed by atoms with E-state index in [0.717, 1.165) is 37.3 Å². The SMILES string of the molecule is C.C=CC(=O)OC.CC(C)(C)S(=O)N=CCc1ccccc1.COC(=O)CC[C@@H]([NH3+])Cc1ccccc1.COC(=O)CC[C@H](Cc1ccccc1)NS(=O)C(C)(C)C.Cl.[Cl-]. The molecule has 0 bridgehead atoms. The normalized spacial score (nSPS) is 12.4. The van der Waals surface area contributed by atoms with Gasteiger partial charge in [0.15, 0.2) is 0 Å². The van der Waals surface area contributed by atoms with Crippen molar-refractivity contribution in [1.82, 2.24) is 4.72 Å². The lowest BCUT2D eigenvalue weighted by Crippen LogP contribution is -3.00. The first-order valence-corrected chi connectivity index (χ1v) is 21.0. The van der Waals surface area contributed by atoms with Gasteiger partial charge in [0.25, 0.3) is 0 Å². The van der Waals surface area contributed by atoms with E-state index in [9.17, 15) is 22.8 Å². The zero-order chi connectivity index (χ0) is 43.3. The average Bonchev–Trinajstić information content (AvgIpc) is 3.19. The summed E-state index contributed by atoms with van der Waals surface area (Å²) in [7, 11) is 1.81. The molecule has 0 aromatic heterocycles. The van der Waals surface area contributed by atoms with Crippen molar-refractivity contribution in [3.05, 3.63) is 120 Å². The lowest BCUT2D eigenvalue weighted by molar-refractivity contribution is -0.420. The molecule has 60 heavy (non-hydrogen) atoms. The maximum atomic E-state index is 12.3. The number of methoxy groups -OCH3 is 3. The third-order valence-corrected chi connectivity index (χ3v) is 10.7. The maximum absolute atomic E-state index is 12.3. The van der Waals surface area contributed by atoms with E-state index in [1.54, 1.807) is 6.21 Å². The van der Waals surface area contributed by atoms with Crippen molar-refractivity contribution < 1.29 is 55.2 Å². The molecule has 11 nitrogen and oxygen atoms in total. The summed E-state index contributed by atoms with van der Waals surface area (Å²) < 4.78 is 43.8. The van der Waals surface area contributed by atoms with Crippen LogP contribution in [0.3, 0.4) is 0 Å². The van der Waals surface area contributed by atoms with Crippen molar-refractivity contribution >= 4 is 58.5 Å². The molecule has 4 N–H and O–H groups in total. The number of benzene rings is 3. The van der Waals surface area contributed by atoms with Crippen LogP contribution in [0.5, 0.6) is 0 Å². The molecule has 0 saturated heterocycles. The van der Waals surface area contributed by atoms with Crippen molar-refractivity contribution in [2.45, 2.75) is 115 Å². The van der Waals surface area contributed by atoms with E-state index >= 15 is 0 Å². The van der Waals surface area contributed by atoms with Gasteiger partial charge in [0, 0.05) is 44.0 Å². The average molecular weight is 917 g/mol. The number of halogens is 2. The molecule has 3 aromatic carbocycles. The van der Waals surface area contributed by atoms with Gasteiger partial charge in [-0.25, -0.2) is 17.9 Å². The Balaban J connectivity index is -0.000000363. The molecule has 0 aliphatic heterocycles. The fourth-order valence-electron chi connectivity index (χ4n) is 4.36.